The van der Waals surface area contributed by atoms with Crippen LogP contribution in [0.3, 0.4) is 0 Å². The minimum Gasteiger partial charge on any atom is -0.466 e. The molecule has 1 saturated carbocycles. The first kappa shape index (κ1) is 12.2. The van der Waals surface area contributed by atoms with Crippen molar-refractivity contribution >= 4 is 5.97 Å². The van der Waals surface area contributed by atoms with Crippen molar-refractivity contribution in [2.45, 2.75) is 39.5 Å². The molecule has 0 bridgehead atoms. The Morgan fingerprint density at radius 3 is 3.00 bits per heavy atom. The molecule has 0 aromatic rings. The third-order valence-electron chi connectivity index (χ3n) is 4.15. The summed E-state index contributed by atoms with van der Waals surface area (Å²) in [6, 6.07) is 2.37. The topological polar surface area (TPSA) is 50.1 Å². The van der Waals surface area contributed by atoms with Gasteiger partial charge in [-0.1, -0.05) is 18.6 Å². The summed E-state index contributed by atoms with van der Waals surface area (Å²) >= 11 is 0. The van der Waals surface area contributed by atoms with E-state index in [-0.39, 0.29) is 18.3 Å². The highest BCUT2D eigenvalue weighted by Crippen LogP contribution is 2.59. The second kappa shape index (κ2) is 4.52. The van der Waals surface area contributed by atoms with Gasteiger partial charge in [0.2, 0.25) is 0 Å². The summed E-state index contributed by atoms with van der Waals surface area (Å²) in [6.07, 6.45) is 5.52. The molecule has 0 aromatic carbocycles. The lowest BCUT2D eigenvalue weighted by Gasteiger charge is -2.46. The van der Waals surface area contributed by atoms with Gasteiger partial charge in [-0.05, 0) is 38.0 Å². The Bertz CT molecular complexity index is 394. The number of carbonyl (C=O) groups excluding carboxylic acids is 1. The normalized spacial score (nSPS) is 34.3. The van der Waals surface area contributed by atoms with Crippen molar-refractivity contribution in [3.63, 3.8) is 0 Å². The minimum atomic E-state index is -0.478. The van der Waals surface area contributed by atoms with Crippen LogP contribution in [0.25, 0.3) is 0 Å². The molecule has 92 valence electrons. The van der Waals surface area contributed by atoms with E-state index in [4.69, 9.17) is 4.74 Å². The van der Waals surface area contributed by atoms with Crippen molar-refractivity contribution in [1.82, 2.24) is 0 Å². The number of hydrogen-bond acceptors (Lipinski definition) is 3. The van der Waals surface area contributed by atoms with Gasteiger partial charge in [0.15, 0.2) is 0 Å². The molecule has 2 aliphatic carbocycles. The van der Waals surface area contributed by atoms with Gasteiger partial charge in [0.1, 0.15) is 0 Å². The molecule has 0 N–H and O–H groups in total. The quantitative estimate of drug-likeness (QED) is 0.554. The predicted molar refractivity (Wildman–Crippen MR) is 63.9 cm³/mol. The molecule has 3 atom stereocenters. The molecule has 2 aliphatic rings. The maximum atomic E-state index is 11.6. The fourth-order valence-corrected chi connectivity index (χ4v) is 3.26. The van der Waals surface area contributed by atoms with Gasteiger partial charge in [-0.2, -0.15) is 5.26 Å². The number of hydrogen-bond donors (Lipinski definition) is 0. The highest BCUT2D eigenvalue weighted by Gasteiger charge is 2.56. The molecular formula is C14H19NO2. The maximum absolute atomic E-state index is 11.6. The molecule has 3 nitrogen and oxygen atoms in total. The molecule has 0 heterocycles. The van der Waals surface area contributed by atoms with Gasteiger partial charge in [0, 0.05) is 0 Å². The van der Waals surface area contributed by atoms with E-state index in [0.717, 1.165) is 19.3 Å². The smallest absolute Gasteiger partial charge is 0.307 e. The zero-order valence-corrected chi connectivity index (χ0v) is 10.5. The van der Waals surface area contributed by atoms with Crippen LogP contribution < -0.4 is 0 Å². The van der Waals surface area contributed by atoms with E-state index < -0.39 is 5.41 Å². The highest BCUT2D eigenvalue weighted by atomic mass is 16.5. The lowest BCUT2D eigenvalue weighted by atomic mass is 9.54. The number of rotatable bonds is 4. The molecule has 1 fully saturated rings. The molecule has 3 heteroatoms. The molecule has 17 heavy (non-hydrogen) atoms. The van der Waals surface area contributed by atoms with Crippen LogP contribution in [0.1, 0.15) is 39.5 Å². The molecule has 0 aliphatic heterocycles. The molecule has 0 spiro atoms. The van der Waals surface area contributed by atoms with Gasteiger partial charge >= 0.3 is 5.97 Å². The number of allylic oxidation sites excluding steroid dienone is 2. The largest absolute Gasteiger partial charge is 0.466 e. The van der Waals surface area contributed by atoms with Gasteiger partial charge < -0.3 is 4.74 Å². The molecule has 0 radical (unpaired) electrons. The first-order chi connectivity index (χ1) is 8.15. The van der Waals surface area contributed by atoms with Crippen molar-refractivity contribution in [3.05, 3.63) is 11.6 Å². The summed E-state index contributed by atoms with van der Waals surface area (Å²) in [7, 11) is 0. The van der Waals surface area contributed by atoms with Crippen molar-refractivity contribution in [2.24, 2.45) is 17.3 Å². The van der Waals surface area contributed by atoms with Gasteiger partial charge in [-0.3, -0.25) is 4.79 Å². The van der Waals surface area contributed by atoms with Crippen LogP contribution in [0.5, 0.6) is 0 Å². The Hall–Kier alpha value is -1.30. The van der Waals surface area contributed by atoms with Gasteiger partial charge in [-0.25, -0.2) is 0 Å². The monoisotopic (exact) mass is 233 g/mol. The van der Waals surface area contributed by atoms with Crippen LogP contribution in [0.2, 0.25) is 0 Å². The van der Waals surface area contributed by atoms with Crippen LogP contribution in [0.4, 0.5) is 0 Å². The van der Waals surface area contributed by atoms with Crippen molar-refractivity contribution in [2.75, 3.05) is 6.61 Å². The van der Waals surface area contributed by atoms with Crippen LogP contribution in [0, 0.1) is 28.6 Å². The third-order valence-corrected chi connectivity index (χ3v) is 4.15. The molecule has 3 unspecified atom stereocenters. The maximum Gasteiger partial charge on any atom is 0.307 e. The minimum absolute atomic E-state index is 0.231. The van der Waals surface area contributed by atoms with Crippen LogP contribution >= 0.6 is 0 Å². The Morgan fingerprint density at radius 1 is 1.65 bits per heavy atom. The summed E-state index contributed by atoms with van der Waals surface area (Å²) in [5.74, 6) is 0.650. The molecule has 0 aromatic heterocycles. The summed E-state index contributed by atoms with van der Waals surface area (Å²) in [5, 5.41) is 9.37. The number of ether oxygens (including phenoxy) is 1. The number of nitriles is 1. The molecule has 0 amide bonds. The lowest BCUT2D eigenvalue weighted by Crippen LogP contribution is -2.45. The SMILES string of the molecule is CCOC(=O)CC1(C#N)CC2CC(CC)=CC21. The summed E-state index contributed by atoms with van der Waals surface area (Å²) in [6.45, 7) is 4.34. The number of nitrogens with zero attached hydrogens (tertiary/aromatic N) is 1. The fourth-order valence-electron chi connectivity index (χ4n) is 3.26. The Morgan fingerprint density at radius 2 is 2.41 bits per heavy atom. The summed E-state index contributed by atoms with van der Waals surface area (Å²) in [4.78, 5) is 11.6. The van der Waals surface area contributed by atoms with E-state index in [1.807, 2.05) is 0 Å². The average Bonchev–Trinajstić information content (AvgIpc) is 2.65. The number of esters is 1. The van der Waals surface area contributed by atoms with E-state index >= 15 is 0 Å². The van der Waals surface area contributed by atoms with E-state index in [1.54, 1.807) is 6.92 Å². The second-order valence-corrected chi connectivity index (χ2v) is 5.12. The van der Waals surface area contributed by atoms with E-state index in [0.29, 0.717) is 12.5 Å². The average molecular weight is 233 g/mol. The Balaban J connectivity index is 2.06. The van der Waals surface area contributed by atoms with Crippen molar-refractivity contribution in [1.29, 1.82) is 5.26 Å². The molecule has 2 rings (SSSR count). The molecular weight excluding hydrogens is 214 g/mol. The fraction of sp³-hybridized carbons (Fsp3) is 0.714. The van der Waals surface area contributed by atoms with Gasteiger partial charge in [0.05, 0.1) is 24.5 Å². The predicted octanol–water partition coefficient (Wildman–Crippen LogP) is 2.83. The van der Waals surface area contributed by atoms with Crippen LogP contribution in [-0.2, 0) is 9.53 Å². The lowest BCUT2D eigenvalue weighted by molar-refractivity contribution is -0.148. The van der Waals surface area contributed by atoms with Gasteiger partial charge in [-0.15, -0.1) is 0 Å². The number of fused-ring (bicyclic) bond motifs is 1. The zero-order valence-electron chi connectivity index (χ0n) is 10.5. The van der Waals surface area contributed by atoms with Gasteiger partial charge in [0.25, 0.3) is 0 Å². The van der Waals surface area contributed by atoms with E-state index in [1.165, 1.54) is 5.57 Å². The van der Waals surface area contributed by atoms with Crippen LogP contribution in [0.15, 0.2) is 11.6 Å². The number of carbonyl (C=O) groups is 1. The van der Waals surface area contributed by atoms with Crippen LogP contribution in [-0.4, -0.2) is 12.6 Å². The zero-order chi connectivity index (χ0) is 12.5. The van der Waals surface area contributed by atoms with Crippen molar-refractivity contribution < 1.29 is 9.53 Å². The Labute approximate surface area is 102 Å². The second-order valence-electron chi connectivity index (χ2n) is 5.12. The highest BCUT2D eigenvalue weighted by molar-refractivity contribution is 5.71. The standard InChI is InChI=1S/C14H19NO2/c1-3-10-5-11-7-14(9-15,12(11)6-10)8-13(16)17-4-2/h6,11-12H,3-5,7-8H2,1-2H3. The third kappa shape index (κ3) is 1.97. The van der Waals surface area contributed by atoms with E-state index in [9.17, 15) is 10.1 Å². The first-order valence-corrected chi connectivity index (χ1v) is 6.41. The summed E-state index contributed by atoms with van der Waals surface area (Å²) in [5.41, 5.74) is 0.967. The Kier molecular flexibility index (Phi) is 3.24. The first-order valence-electron chi connectivity index (χ1n) is 6.41. The summed E-state index contributed by atoms with van der Waals surface area (Å²) < 4.78 is 4.97. The van der Waals surface area contributed by atoms with Crippen molar-refractivity contribution in [3.8, 4) is 6.07 Å². The van der Waals surface area contributed by atoms with E-state index in [2.05, 4.69) is 19.1 Å². The molecule has 0 saturated heterocycles.